The molecular weight excluding hydrogens is 348 g/mol. The SMILES string of the molecule is O=C(c1ccccc1Cl)N1CCCC(OCc2cccc(F)c2F)C1. The second-order valence-electron chi connectivity index (χ2n) is 6.02. The number of carbonyl (C=O) groups excluding carboxylic acids is 1. The third kappa shape index (κ3) is 4.17. The molecule has 1 unspecified atom stereocenters. The minimum Gasteiger partial charge on any atom is -0.372 e. The highest BCUT2D eigenvalue weighted by Crippen LogP contribution is 2.22. The van der Waals surface area contributed by atoms with Crippen LogP contribution in [0.1, 0.15) is 28.8 Å². The molecule has 1 saturated heterocycles. The van der Waals surface area contributed by atoms with E-state index in [0.29, 0.717) is 23.7 Å². The van der Waals surface area contributed by atoms with Crippen LogP contribution in [0.3, 0.4) is 0 Å². The molecule has 132 valence electrons. The number of nitrogens with zero attached hydrogens (tertiary/aromatic N) is 1. The highest BCUT2D eigenvalue weighted by Gasteiger charge is 2.26. The molecule has 0 saturated carbocycles. The van der Waals surface area contributed by atoms with Crippen LogP contribution in [-0.4, -0.2) is 30.0 Å². The largest absolute Gasteiger partial charge is 0.372 e. The Balaban J connectivity index is 1.62. The lowest BCUT2D eigenvalue weighted by Gasteiger charge is -2.33. The van der Waals surface area contributed by atoms with Gasteiger partial charge in [0.05, 0.1) is 23.3 Å². The molecule has 2 aromatic carbocycles. The van der Waals surface area contributed by atoms with Crippen LogP contribution in [0.2, 0.25) is 5.02 Å². The molecule has 1 heterocycles. The van der Waals surface area contributed by atoms with E-state index in [1.165, 1.54) is 12.1 Å². The third-order valence-electron chi connectivity index (χ3n) is 4.28. The summed E-state index contributed by atoms with van der Waals surface area (Å²) in [5, 5.41) is 0.414. The highest BCUT2D eigenvalue weighted by atomic mass is 35.5. The fourth-order valence-electron chi connectivity index (χ4n) is 2.93. The van der Waals surface area contributed by atoms with Crippen LogP contribution >= 0.6 is 11.6 Å². The van der Waals surface area contributed by atoms with Crippen LogP contribution < -0.4 is 0 Å². The smallest absolute Gasteiger partial charge is 0.255 e. The zero-order valence-corrected chi connectivity index (χ0v) is 14.3. The number of likely N-dealkylation sites (tertiary alicyclic amines) is 1. The number of halogens is 3. The predicted octanol–water partition coefficient (Wildman–Crippen LogP) is 4.44. The van der Waals surface area contributed by atoms with E-state index < -0.39 is 11.6 Å². The van der Waals surface area contributed by atoms with Crippen molar-refractivity contribution in [2.24, 2.45) is 0 Å². The van der Waals surface area contributed by atoms with Crippen LogP contribution in [0.4, 0.5) is 8.78 Å². The van der Waals surface area contributed by atoms with Gasteiger partial charge in [-0.3, -0.25) is 4.79 Å². The Morgan fingerprint density at radius 1 is 1.20 bits per heavy atom. The molecule has 1 aliphatic rings. The van der Waals surface area contributed by atoms with Crippen molar-refractivity contribution in [3.63, 3.8) is 0 Å². The van der Waals surface area contributed by atoms with E-state index in [1.54, 1.807) is 29.2 Å². The number of benzene rings is 2. The third-order valence-corrected chi connectivity index (χ3v) is 4.61. The minimum absolute atomic E-state index is 0.0254. The molecule has 0 spiro atoms. The van der Waals surface area contributed by atoms with Gasteiger partial charge < -0.3 is 9.64 Å². The molecule has 1 aliphatic heterocycles. The number of ether oxygens (including phenoxy) is 1. The van der Waals surface area contributed by atoms with Crippen molar-refractivity contribution in [2.75, 3.05) is 13.1 Å². The molecular formula is C19H18ClF2NO2. The van der Waals surface area contributed by atoms with E-state index >= 15 is 0 Å². The second kappa shape index (κ2) is 7.93. The maximum Gasteiger partial charge on any atom is 0.255 e. The summed E-state index contributed by atoms with van der Waals surface area (Å²) in [6.07, 6.45) is 1.33. The maximum absolute atomic E-state index is 13.7. The van der Waals surface area contributed by atoms with Gasteiger partial charge in [-0.15, -0.1) is 0 Å². The quantitative estimate of drug-likeness (QED) is 0.801. The number of rotatable bonds is 4. The van der Waals surface area contributed by atoms with E-state index in [9.17, 15) is 13.6 Å². The highest BCUT2D eigenvalue weighted by molar-refractivity contribution is 6.33. The van der Waals surface area contributed by atoms with E-state index in [1.807, 2.05) is 0 Å². The minimum atomic E-state index is -0.889. The van der Waals surface area contributed by atoms with Crippen LogP contribution in [0.25, 0.3) is 0 Å². The number of piperidine rings is 1. The topological polar surface area (TPSA) is 29.5 Å². The van der Waals surface area contributed by atoms with Gasteiger partial charge in [0.15, 0.2) is 11.6 Å². The molecule has 1 fully saturated rings. The lowest BCUT2D eigenvalue weighted by molar-refractivity contribution is -0.00776. The predicted molar refractivity (Wildman–Crippen MR) is 91.5 cm³/mol. The fourth-order valence-corrected chi connectivity index (χ4v) is 3.15. The van der Waals surface area contributed by atoms with Crippen molar-refractivity contribution < 1.29 is 18.3 Å². The van der Waals surface area contributed by atoms with Gasteiger partial charge in [-0.1, -0.05) is 35.9 Å². The molecule has 2 aromatic rings. The Bertz CT molecular complexity index is 769. The Labute approximate surface area is 150 Å². The molecule has 0 bridgehead atoms. The lowest BCUT2D eigenvalue weighted by Crippen LogP contribution is -2.43. The number of hydrogen-bond acceptors (Lipinski definition) is 2. The second-order valence-corrected chi connectivity index (χ2v) is 6.43. The maximum atomic E-state index is 13.7. The molecule has 3 nitrogen and oxygen atoms in total. The Hall–Kier alpha value is -1.98. The van der Waals surface area contributed by atoms with Crippen molar-refractivity contribution in [3.05, 3.63) is 70.2 Å². The summed E-state index contributed by atoms with van der Waals surface area (Å²) in [6.45, 7) is 1.00. The van der Waals surface area contributed by atoms with Crippen LogP contribution in [-0.2, 0) is 11.3 Å². The van der Waals surface area contributed by atoms with E-state index in [-0.39, 0.29) is 24.2 Å². The number of carbonyl (C=O) groups is 1. The van der Waals surface area contributed by atoms with Gasteiger partial charge in [0, 0.05) is 18.7 Å². The molecule has 0 aromatic heterocycles. The standard InChI is InChI=1S/C19H18ClF2NO2/c20-16-8-2-1-7-15(16)19(24)23-10-4-6-14(11-23)25-12-13-5-3-9-17(21)18(13)22/h1-3,5,7-9,14H,4,6,10-12H2. The van der Waals surface area contributed by atoms with Crippen molar-refractivity contribution in [1.82, 2.24) is 4.90 Å². The van der Waals surface area contributed by atoms with Crippen molar-refractivity contribution in [1.29, 1.82) is 0 Å². The first-order valence-corrected chi connectivity index (χ1v) is 8.52. The average molecular weight is 366 g/mol. The average Bonchev–Trinajstić information content (AvgIpc) is 2.63. The molecule has 0 aliphatic carbocycles. The first-order chi connectivity index (χ1) is 12.1. The monoisotopic (exact) mass is 365 g/mol. The molecule has 25 heavy (non-hydrogen) atoms. The summed E-state index contributed by atoms with van der Waals surface area (Å²) >= 11 is 6.09. The summed E-state index contributed by atoms with van der Waals surface area (Å²) < 4.78 is 32.7. The summed E-state index contributed by atoms with van der Waals surface area (Å²) in [4.78, 5) is 14.3. The van der Waals surface area contributed by atoms with Gasteiger partial charge in [-0.05, 0) is 31.0 Å². The van der Waals surface area contributed by atoms with E-state index in [0.717, 1.165) is 18.9 Å². The van der Waals surface area contributed by atoms with Gasteiger partial charge >= 0.3 is 0 Å². The van der Waals surface area contributed by atoms with Crippen molar-refractivity contribution in [2.45, 2.75) is 25.6 Å². The van der Waals surface area contributed by atoms with Crippen LogP contribution in [0.5, 0.6) is 0 Å². The van der Waals surface area contributed by atoms with Gasteiger partial charge in [0.1, 0.15) is 0 Å². The van der Waals surface area contributed by atoms with Gasteiger partial charge in [-0.25, -0.2) is 8.78 Å². The first-order valence-electron chi connectivity index (χ1n) is 8.14. The molecule has 6 heteroatoms. The number of hydrogen-bond donors (Lipinski definition) is 0. The van der Waals surface area contributed by atoms with Crippen molar-refractivity contribution in [3.8, 4) is 0 Å². The van der Waals surface area contributed by atoms with Gasteiger partial charge in [-0.2, -0.15) is 0 Å². The Morgan fingerprint density at radius 3 is 2.80 bits per heavy atom. The summed E-state index contributed by atoms with van der Waals surface area (Å²) in [7, 11) is 0. The Kier molecular flexibility index (Phi) is 5.66. The Morgan fingerprint density at radius 2 is 2.00 bits per heavy atom. The van der Waals surface area contributed by atoms with Crippen molar-refractivity contribution >= 4 is 17.5 Å². The summed E-state index contributed by atoms with van der Waals surface area (Å²) in [5.74, 6) is -1.92. The molecule has 1 amide bonds. The van der Waals surface area contributed by atoms with Crippen LogP contribution in [0.15, 0.2) is 42.5 Å². The van der Waals surface area contributed by atoms with E-state index in [2.05, 4.69) is 0 Å². The fraction of sp³-hybridized carbons (Fsp3) is 0.316. The molecule has 3 rings (SSSR count). The summed E-state index contributed by atoms with van der Waals surface area (Å²) in [5.41, 5.74) is 0.635. The normalized spacial score (nSPS) is 17.6. The molecule has 0 N–H and O–H groups in total. The lowest BCUT2D eigenvalue weighted by atomic mass is 10.1. The van der Waals surface area contributed by atoms with E-state index in [4.69, 9.17) is 16.3 Å². The van der Waals surface area contributed by atoms with Crippen LogP contribution in [0, 0.1) is 11.6 Å². The number of amides is 1. The van der Waals surface area contributed by atoms with Gasteiger partial charge in [0.25, 0.3) is 5.91 Å². The summed E-state index contributed by atoms with van der Waals surface area (Å²) in [6, 6.07) is 10.9. The molecule has 0 radical (unpaired) electrons. The first kappa shape index (κ1) is 17.8. The van der Waals surface area contributed by atoms with Gasteiger partial charge in [0.2, 0.25) is 0 Å². The zero-order chi connectivity index (χ0) is 17.8. The zero-order valence-electron chi connectivity index (χ0n) is 13.6. The molecule has 1 atom stereocenters.